The molecule has 2 aromatic heterocycles. The van der Waals surface area contributed by atoms with E-state index in [9.17, 15) is 4.79 Å². The molecule has 0 saturated heterocycles. The summed E-state index contributed by atoms with van der Waals surface area (Å²) in [5.41, 5.74) is 2.03. The van der Waals surface area contributed by atoms with Gasteiger partial charge in [-0.15, -0.1) is 0 Å². The van der Waals surface area contributed by atoms with E-state index in [0.29, 0.717) is 0 Å². The van der Waals surface area contributed by atoms with Crippen LogP contribution < -0.4 is 5.56 Å². The molecule has 0 spiro atoms. The number of hydrogen-bond acceptors (Lipinski definition) is 2. The number of nitrogens with zero attached hydrogens (tertiary/aromatic N) is 3. The maximum Gasteiger partial charge on any atom is 0.263 e. The zero-order valence-electron chi connectivity index (χ0n) is 8.95. The summed E-state index contributed by atoms with van der Waals surface area (Å²) in [6, 6.07) is 1.93. The van der Waals surface area contributed by atoms with Crippen LogP contribution in [0.25, 0.3) is 11.0 Å². The van der Waals surface area contributed by atoms with Gasteiger partial charge in [-0.25, -0.2) is 4.98 Å². The van der Waals surface area contributed by atoms with E-state index in [4.69, 9.17) is 0 Å². The standard InChI is InChI=1S/C11H13N3O/c1-7-6-8-10(13(7)2)12-9-4-3-5-14(9)11(8)15/h6H,3-5H2,1-2H3. The summed E-state index contributed by atoms with van der Waals surface area (Å²) in [4.78, 5) is 16.7. The fourth-order valence-corrected chi connectivity index (χ4v) is 2.27. The van der Waals surface area contributed by atoms with Crippen molar-refractivity contribution in [1.82, 2.24) is 14.1 Å². The molecule has 4 heteroatoms. The van der Waals surface area contributed by atoms with Crippen molar-refractivity contribution in [2.45, 2.75) is 26.3 Å². The molecule has 3 heterocycles. The lowest BCUT2D eigenvalue weighted by molar-refractivity contribution is 0.718. The second-order valence-corrected chi connectivity index (χ2v) is 4.17. The highest BCUT2D eigenvalue weighted by Crippen LogP contribution is 2.16. The van der Waals surface area contributed by atoms with Crippen LogP contribution in [-0.2, 0) is 20.0 Å². The van der Waals surface area contributed by atoms with E-state index in [-0.39, 0.29) is 5.56 Å². The lowest BCUT2D eigenvalue weighted by atomic mass is 10.3. The first-order valence-corrected chi connectivity index (χ1v) is 5.24. The van der Waals surface area contributed by atoms with Crippen molar-refractivity contribution in [2.75, 3.05) is 0 Å². The van der Waals surface area contributed by atoms with Crippen LogP contribution in [0.5, 0.6) is 0 Å². The third-order valence-corrected chi connectivity index (χ3v) is 3.25. The van der Waals surface area contributed by atoms with Crippen LogP contribution >= 0.6 is 0 Å². The lowest BCUT2D eigenvalue weighted by Gasteiger charge is -2.03. The molecule has 0 saturated carbocycles. The van der Waals surface area contributed by atoms with Gasteiger partial charge < -0.3 is 4.57 Å². The maximum absolute atomic E-state index is 12.1. The van der Waals surface area contributed by atoms with Gasteiger partial charge in [-0.05, 0) is 19.4 Å². The van der Waals surface area contributed by atoms with Gasteiger partial charge in [0.25, 0.3) is 5.56 Å². The Balaban J connectivity index is 2.51. The lowest BCUT2D eigenvalue weighted by Crippen LogP contribution is -2.20. The molecule has 0 bridgehead atoms. The summed E-state index contributed by atoms with van der Waals surface area (Å²) < 4.78 is 3.79. The number of hydrogen-bond donors (Lipinski definition) is 0. The van der Waals surface area contributed by atoms with Crippen LogP contribution in [0, 0.1) is 6.92 Å². The SMILES string of the molecule is Cc1cc2c(=O)n3c(nc2n1C)CCC3. The molecule has 0 N–H and O–H groups in total. The minimum absolute atomic E-state index is 0.121. The van der Waals surface area contributed by atoms with Crippen LogP contribution in [0.3, 0.4) is 0 Å². The van der Waals surface area contributed by atoms with Crippen molar-refractivity contribution in [3.05, 3.63) is 27.9 Å². The highest BCUT2D eigenvalue weighted by molar-refractivity contribution is 5.76. The van der Waals surface area contributed by atoms with E-state index in [0.717, 1.165) is 41.9 Å². The van der Waals surface area contributed by atoms with Crippen molar-refractivity contribution >= 4 is 11.0 Å². The van der Waals surface area contributed by atoms with Crippen LogP contribution in [0.4, 0.5) is 0 Å². The topological polar surface area (TPSA) is 39.8 Å². The predicted octanol–water partition coefficient (Wildman–Crippen LogP) is 0.990. The third-order valence-electron chi connectivity index (χ3n) is 3.25. The van der Waals surface area contributed by atoms with E-state index in [1.807, 2.05) is 29.2 Å². The van der Waals surface area contributed by atoms with Crippen molar-refractivity contribution in [3.63, 3.8) is 0 Å². The van der Waals surface area contributed by atoms with Crippen molar-refractivity contribution < 1.29 is 0 Å². The molecule has 0 atom stereocenters. The van der Waals surface area contributed by atoms with Gasteiger partial charge >= 0.3 is 0 Å². The van der Waals surface area contributed by atoms with Crippen LogP contribution in [-0.4, -0.2) is 14.1 Å². The molecule has 15 heavy (non-hydrogen) atoms. The van der Waals surface area contributed by atoms with Gasteiger partial charge in [-0.3, -0.25) is 9.36 Å². The fourth-order valence-electron chi connectivity index (χ4n) is 2.27. The molecule has 4 nitrogen and oxygen atoms in total. The third kappa shape index (κ3) is 1.02. The molecule has 78 valence electrons. The van der Waals surface area contributed by atoms with Crippen LogP contribution in [0.2, 0.25) is 0 Å². The Morgan fingerprint density at radius 1 is 1.47 bits per heavy atom. The van der Waals surface area contributed by atoms with Gasteiger partial charge in [-0.2, -0.15) is 0 Å². The Morgan fingerprint density at radius 3 is 3.07 bits per heavy atom. The summed E-state index contributed by atoms with van der Waals surface area (Å²) >= 11 is 0. The Labute approximate surface area is 87.2 Å². The summed E-state index contributed by atoms with van der Waals surface area (Å²) in [6.07, 6.45) is 1.97. The highest BCUT2D eigenvalue weighted by atomic mass is 16.1. The monoisotopic (exact) mass is 203 g/mol. The van der Waals surface area contributed by atoms with Gasteiger partial charge in [0.1, 0.15) is 11.5 Å². The second-order valence-electron chi connectivity index (χ2n) is 4.17. The van der Waals surface area contributed by atoms with Crippen molar-refractivity contribution in [3.8, 4) is 0 Å². The van der Waals surface area contributed by atoms with E-state index < -0.39 is 0 Å². The van der Waals surface area contributed by atoms with Gasteiger partial charge in [0, 0.05) is 25.7 Å². The summed E-state index contributed by atoms with van der Waals surface area (Å²) in [5.74, 6) is 0.939. The molecule has 1 aliphatic heterocycles. The van der Waals surface area contributed by atoms with Crippen molar-refractivity contribution in [1.29, 1.82) is 0 Å². The van der Waals surface area contributed by atoms with E-state index in [1.165, 1.54) is 0 Å². The first-order chi connectivity index (χ1) is 7.18. The Hall–Kier alpha value is -1.58. The number of aryl methyl sites for hydroxylation is 3. The minimum Gasteiger partial charge on any atom is -0.333 e. The first kappa shape index (κ1) is 8.71. The van der Waals surface area contributed by atoms with Crippen LogP contribution in [0.1, 0.15) is 17.9 Å². The molecule has 0 aliphatic carbocycles. The summed E-state index contributed by atoms with van der Waals surface area (Å²) in [7, 11) is 1.95. The molecule has 1 aliphatic rings. The summed E-state index contributed by atoms with van der Waals surface area (Å²) in [5, 5.41) is 0.751. The number of fused-ring (bicyclic) bond motifs is 2. The normalized spacial score (nSPS) is 14.8. The molecular formula is C11H13N3O. The molecular weight excluding hydrogens is 190 g/mol. The number of rotatable bonds is 0. The molecule has 0 fully saturated rings. The van der Waals surface area contributed by atoms with Crippen LogP contribution in [0.15, 0.2) is 10.9 Å². The fraction of sp³-hybridized carbons (Fsp3) is 0.455. The first-order valence-electron chi connectivity index (χ1n) is 5.24. The predicted molar refractivity (Wildman–Crippen MR) is 58.0 cm³/mol. The van der Waals surface area contributed by atoms with Gasteiger partial charge in [-0.1, -0.05) is 0 Å². The van der Waals surface area contributed by atoms with E-state index in [1.54, 1.807) is 0 Å². The molecule has 0 unspecified atom stereocenters. The smallest absolute Gasteiger partial charge is 0.263 e. The molecule has 0 radical (unpaired) electrons. The maximum atomic E-state index is 12.1. The average molecular weight is 203 g/mol. The van der Waals surface area contributed by atoms with Crippen molar-refractivity contribution in [2.24, 2.45) is 7.05 Å². The van der Waals surface area contributed by atoms with E-state index >= 15 is 0 Å². The zero-order valence-corrected chi connectivity index (χ0v) is 8.95. The van der Waals surface area contributed by atoms with E-state index in [2.05, 4.69) is 4.98 Å². The average Bonchev–Trinajstić information content (AvgIpc) is 2.77. The molecule has 2 aromatic rings. The van der Waals surface area contributed by atoms with Gasteiger partial charge in [0.2, 0.25) is 0 Å². The van der Waals surface area contributed by atoms with Gasteiger partial charge in [0.05, 0.1) is 5.39 Å². The largest absolute Gasteiger partial charge is 0.333 e. The Bertz CT molecular complexity index is 606. The number of aromatic nitrogens is 3. The Kier molecular flexibility index (Phi) is 1.58. The van der Waals surface area contributed by atoms with Gasteiger partial charge in [0.15, 0.2) is 0 Å². The molecule has 0 amide bonds. The molecule has 0 aromatic carbocycles. The molecule has 3 rings (SSSR count). The quantitative estimate of drug-likeness (QED) is 0.640. The minimum atomic E-state index is 0.121. The summed E-state index contributed by atoms with van der Waals surface area (Å²) in [6.45, 7) is 2.82. The zero-order chi connectivity index (χ0) is 10.6. The Morgan fingerprint density at radius 2 is 2.27 bits per heavy atom. The second kappa shape index (κ2) is 2.72. The highest BCUT2D eigenvalue weighted by Gasteiger charge is 2.17.